The molecule has 1 amide bonds. The fourth-order valence-corrected chi connectivity index (χ4v) is 3.35. The Morgan fingerprint density at radius 1 is 1.43 bits per heavy atom. The minimum Gasteiger partial charge on any atom is -0.369 e. The molecule has 1 aromatic rings. The van der Waals surface area contributed by atoms with E-state index in [0.29, 0.717) is 23.3 Å². The Hall–Kier alpha value is -1.62. The predicted octanol–water partition coefficient (Wildman–Crippen LogP) is 1.73. The first-order chi connectivity index (χ1) is 10.3. The second-order valence-corrected chi connectivity index (χ2v) is 6.04. The van der Waals surface area contributed by atoms with Gasteiger partial charge in [-0.2, -0.15) is 0 Å². The Balaban J connectivity index is 1.68. The summed E-state index contributed by atoms with van der Waals surface area (Å²) >= 11 is 0. The van der Waals surface area contributed by atoms with E-state index in [1.807, 2.05) is 12.1 Å². The number of pyridine rings is 1. The Morgan fingerprint density at radius 3 is 2.90 bits per heavy atom. The van der Waals surface area contributed by atoms with Crippen molar-refractivity contribution < 1.29 is 4.79 Å². The number of hydrogen-bond acceptors (Lipinski definition) is 4. The van der Waals surface area contributed by atoms with Crippen molar-refractivity contribution in [2.24, 2.45) is 5.92 Å². The summed E-state index contributed by atoms with van der Waals surface area (Å²) in [5.74, 6) is 1.33. The van der Waals surface area contributed by atoms with E-state index >= 15 is 0 Å². The van der Waals surface area contributed by atoms with Gasteiger partial charge in [-0.1, -0.05) is 6.92 Å². The molecule has 3 fully saturated rings. The number of nitrogens with one attached hydrogen (secondary N) is 2. The van der Waals surface area contributed by atoms with E-state index < -0.39 is 0 Å². The minimum absolute atomic E-state index is 0.000420. The highest BCUT2D eigenvalue weighted by Crippen LogP contribution is 2.27. The molecule has 1 unspecified atom stereocenters. The van der Waals surface area contributed by atoms with Gasteiger partial charge in [0.1, 0.15) is 5.82 Å². The van der Waals surface area contributed by atoms with Crippen molar-refractivity contribution in [3.8, 4) is 0 Å². The number of rotatable bonds is 5. The van der Waals surface area contributed by atoms with Gasteiger partial charge in [-0.25, -0.2) is 4.98 Å². The number of piperidine rings is 3. The zero-order valence-electron chi connectivity index (χ0n) is 12.6. The average molecular weight is 288 g/mol. The molecular weight excluding hydrogens is 264 g/mol. The summed E-state index contributed by atoms with van der Waals surface area (Å²) in [6, 6.07) is 3.96. The molecule has 0 aromatic carbocycles. The fourth-order valence-electron chi connectivity index (χ4n) is 3.35. The van der Waals surface area contributed by atoms with E-state index in [4.69, 9.17) is 0 Å². The largest absolute Gasteiger partial charge is 0.369 e. The standard InChI is InChI=1S/C16H24N4O/c1-2-7-17-15-13(4-3-8-18-15)16(21)19-14-11-20-9-5-12(14)6-10-20/h3-4,8,12,14H,2,5-7,9-11H2,1H3,(H,17,18)(H,19,21). The van der Waals surface area contributed by atoms with Gasteiger partial charge >= 0.3 is 0 Å². The lowest BCUT2D eigenvalue weighted by Gasteiger charge is -2.44. The average Bonchev–Trinajstić information content (AvgIpc) is 2.54. The molecule has 0 saturated carbocycles. The second kappa shape index (κ2) is 6.43. The molecule has 3 aliphatic rings. The molecule has 1 aromatic heterocycles. The smallest absolute Gasteiger partial charge is 0.255 e. The zero-order valence-corrected chi connectivity index (χ0v) is 12.6. The second-order valence-electron chi connectivity index (χ2n) is 6.04. The summed E-state index contributed by atoms with van der Waals surface area (Å²) in [6.45, 7) is 6.30. The number of nitrogens with zero attached hydrogens (tertiary/aromatic N) is 2. The van der Waals surface area contributed by atoms with E-state index in [1.54, 1.807) is 6.20 Å². The van der Waals surface area contributed by atoms with E-state index in [0.717, 1.165) is 19.5 Å². The maximum absolute atomic E-state index is 12.6. The number of amides is 1. The van der Waals surface area contributed by atoms with Crippen molar-refractivity contribution in [3.63, 3.8) is 0 Å². The summed E-state index contributed by atoms with van der Waals surface area (Å²) in [6.07, 6.45) is 5.15. The van der Waals surface area contributed by atoms with Gasteiger partial charge in [-0.05, 0) is 50.4 Å². The van der Waals surface area contributed by atoms with Crippen LogP contribution in [0.3, 0.4) is 0 Å². The normalized spacial score (nSPS) is 27.4. The van der Waals surface area contributed by atoms with Gasteiger partial charge in [0.2, 0.25) is 0 Å². The maximum Gasteiger partial charge on any atom is 0.255 e. The van der Waals surface area contributed by atoms with Crippen LogP contribution in [0.5, 0.6) is 0 Å². The van der Waals surface area contributed by atoms with Crippen LogP contribution in [-0.2, 0) is 0 Å². The quantitative estimate of drug-likeness (QED) is 0.866. The van der Waals surface area contributed by atoms with Crippen LogP contribution in [0.1, 0.15) is 36.5 Å². The molecule has 3 saturated heterocycles. The highest BCUT2D eigenvalue weighted by molar-refractivity contribution is 5.98. The third-order valence-corrected chi connectivity index (χ3v) is 4.57. The summed E-state index contributed by atoms with van der Waals surface area (Å²) in [5, 5.41) is 6.46. The van der Waals surface area contributed by atoms with Crippen molar-refractivity contribution in [1.82, 2.24) is 15.2 Å². The van der Waals surface area contributed by atoms with E-state index in [-0.39, 0.29) is 5.91 Å². The molecule has 2 bridgehead atoms. The van der Waals surface area contributed by atoms with Crippen molar-refractivity contribution in [2.75, 3.05) is 31.5 Å². The Kier molecular flexibility index (Phi) is 4.39. The van der Waals surface area contributed by atoms with Crippen molar-refractivity contribution in [1.29, 1.82) is 0 Å². The van der Waals surface area contributed by atoms with Crippen LogP contribution in [0.15, 0.2) is 18.3 Å². The Morgan fingerprint density at radius 2 is 2.24 bits per heavy atom. The molecule has 3 aliphatic heterocycles. The Bertz CT molecular complexity index is 497. The highest BCUT2D eigenvalue weighted by Gasteiger charge is 2.35. The van der Waals surface area contributed by atoms with Gasteiger partial charge < -0.3 is 15.5 Å². The lowest BCUT2D eigenvalue weighted by atomic mass is 9.84. The van der Waals surface area contributed by atoms with Gasteiger partial charge in [-0.3, -0.25) is 4.79 Å². The molecule has 1 atom stereocenters. The summed E-state index contributed by atoms with van der Waals surface area (Å²) < 4.78 is 0. The van der Waals surface area contributed by atoms with Crippen LogP contribution in [-0.4, -0.2) is 48.0 Å². The molecule has 0 radical (unpaired) electrons. The molecule has 5 nitrogen and oxygen atoms in total. The van der Waals surface area contributed by atoms with Gasteiger partial charge in [0.25, 0.3) is 5.91 Å². The number of anilines is 1. The molecule has 0 aliphatic carbocycles. The zero-order chi connectivity index (χ0) is 14.7. The van der Waals surface area contributed by atoms with Crippen LogP contribution in [0, 0.1) is 5.92 Å². The van der Waals surface area contributed by atoms with Crippen LogP contribution >= 0.6 is 0 Å². The first-order valence-electron chi connectivity index (χ1n) is 8.00. The SMILES string of the molecule is CCCNc1ncccc1C(=O)NC1CN2CCC1CC2. The van der Waals surface area contributed by atoms with Crippen molar-refractivity contribution >= 4 is 11.7 Å². The van der Waals surface area contributed by atoms with E-state index in [1.165, 1.54) is 25.9 Å². The molecular formula is C16H24N4O. The van der Waals surface area contributed by atoms with Crippen molar-refractivity contribution in [2.45, 2.75) is 32.2 Å². The number of hydrogen-bond donors (Lipinski definition) is 2. The first-order valence-corrected chi connectivity index (χ1v) is 8.00. The number of aromatic nitrogens is 1. The number of fused-ring (bicyclic) bond motifs is 3. The lowest BCUT2D eigenvalue weighted by Crippen LogP contribution is -2.57. The molecule has 4 rings (SSSR count). The summed E-state index contributed by atoms with van der Waals surface area (Å²) in [4.78, 5) is 19.3. The van der Waals surface area contributed by atoms with Gasteiger partial charge in [0, 0.05) is 25.3 Å². The number of carbonyl (C=O) groups excluding carboxylic acids is 1. The number of carbonyl (C=O) groups is 1. The van der Waals surface area contributed by atoms with Crippen LogP contribution in [0.25, 0.3) is 0 Å². The molecule has 5 heteroatoms. The monoisotopic (exact) mass is 288 g/mol. The van der Waals surface area contributed by atoms with Gasteiger partial charge in [-0.15, -0.1) is 0 Å². The third-order valence-electron chi connectivity index (χ3n) is 4.57. The third kappa shape index (κ3) is 3.18. The molecule has 114 valence electrons. The Labute approximate surface area is 126 Å². The molecule has 2 N–H and O–H groups in total. The van der Waals surface area contributed by atoms with Crippen LogP contribution in [0.2, 0.25) is 0 Å². The first kappa shape index (κ1) is 14.3. The molecule has 21 heavy (non-hydrogen) atoms. The summed E-state index contributed by atoms with van der Waals surface area (Å²) in [7, 11) is 0. The van der Waals surface area contributed by atoms with E-state index in [2.05, 4.69) is 27.4 Å². The fraction of sp³-hybridized carbons (Fsp3) is 0.625. The van der Waals surface area contributed by atoms with Gasteiger partial charge in [0.05, 0.1) is 5.56 Å². The summed E-state index contributed by atoms with van der Waals surface area (Å²) in [5.41, 5.74) is 0.655. The van der Waals surface area contributed by atoms with Crippen LogP contribution in [0.4, 0.5) is 5.82 Å². The molecule has 4 heterocycles. The highest BCUT2D eigenvalue weighted by atomic mass is 16.1. The van der Waals surface area contributed by atoms with Crippen LogP contribution < -0.4 is 10.6 Å². The maximum atomic E-state index is 12.6. The molecule has 0 spiro atoms. The topological polar surface area (TPSA) is 57.3 Å². The van der Waals surface area contributed by atoms with Crippen molar-refractivity contribution in [3.05, 3.63) is 23.9 Å². The predicted molar refractivity (Wildman–Crippen MR) is 83.4 cm³/mol. The lowest BCUT2D eigenvalue weighted by molar-refractivity contribution is 0.0620. The minimum atomic E-state index is 0.000420. The van der Waals surface area contributed by atoms with Gasteiger partial charge in [0.15, 0.2) is 0 Å². The van der Waals surface area contributed by atoms with E-state index in [9.17, 15) is 4.79 Å².